The first-order valence-electron chi connectivity index (χ1n) is 9.92. The van der Waals surface area contributed by atoms with E-state index in [1.165, 1.54) is 6.08 Å². The number of nitrogens with zero attached hydrogens (tertiary/aromatic N) is 1. The summed E-state index contributed by atoms with van der Waals surface area (Å²) in [7, 11) is 3.13. The molecule has 2 aromatic rings. The normalized spacial score (nSPS) is 12.2. The Labute approximate surface area is 187 Å². The summed E-state index contributed by atoms with van der Waals surface area (Å²) in [4.78, 5) is 27.9. The van der Waals surface area contributed by atoms with Gasteiger partial charge in [0.1, 0.15) is 6.29 Å². The zero-order valence-corrected chi connectivity index (χ0v) is 18.4. The van der Waals surface area contributed by atoms with Crippen LogP contribution in [-0.4, -0.2) is 32.1 Å². The molecule has 2 aromatic carbocycles. The maximum absolute atomic E-state index is 12.5. The Morgan fingerprint density at radius 1 is 1.12 bits per heavy atom. The first-order chi connectivity index (χ1) is 15.4. The molecule has 166 valence electrons. The molecule has 7 heteroatoms. The number of aliphatic imine (C=N–C) groups is 1. The van der Waals surface area contributed by atoms with Crippen molar-refractivity contribution in [1.82, 2.24) is 0 Å². The summed E-state index contributed by atoms with van der Waals surface area (Å²) in [6.45, 7) is 5.67. The van der Waals surface area contributed by atoms with Gasteiger partial charge in [0.25, 0.3) is 5.91 Å². The van der Waals surface area contributed by atoms with Crippen molar-refractivity contribution in [3.63, 3.8) is 0 Å². The first-order valence-corrected chi connectivity index (χ1v) is 9.92. The average Bonchev–Trinajstić information content (AvgIpc) is 2.82. The van der Waals surface area contributed by atoms with Gasteiger partial charge in [0.15, 0.2) is 11.5 Å². The largest absolute Gasteiger partial charge is 0.493 e. The van der Waals surface area contributed by atoms with E-state index in [-0.39, 0.29) is 5.70 Å². The van der Waals surface area contributed by atoms with E-state index in [4.69, 9.17) is 15.2 Å². The maximum atomic E-state index is 12.5. The van der Waals surface area contributed by atoms with Gasteiger partial charge in [-0.2, -0.15) is 0 Å². The number of amides is 1. The van der Waals surface area contributed by atoms with Gasteiger partial charge in [0.05, 0.1) is 25.6 Å². The Morgan fingerprint density at radius 3 is 2.38 bits per heavy atom. The third-order valence-electron chi connectivity index (χ3n) is 4.47. The molecule has 0 unspecified atom stereocenters. The van der Waals surface area contributed by atoms with E-state index >= 15 is 0 Å². The number of anilines is 1. The fourth-order valence-corrected chi connectivity index (χ4v) is 2.77. The molecule has 0 aliphatic rings. The first kappa shape index (κ1) is 24.1. The number of nitrogens with one attached hydrogen (secondary N) is 1. The minimum atomic E-state index is -0.467. The second-order valence-electron chi connectivity index (χ2n) is 6.61. The molecule has 0 aliphatic carbocycles. The molecule has 0 saturated heterocycles. The Bertz CT molecular complexity index is 1070. The van der Waals surface area contributed by atoms with Crippen molar-refractivity contribution in [1.29, 1.82) is 0 Å². The molecule has 0 heterocycles. The second-order valence-corrected chi connectivity index (χ2v) is 6.61. The van der Waals surface area contributed by atoms with E-state index < -0.39 is 5.91 Å². The predicted octanol–water partition coefficient (Wildman–Crippen LogP) is 4.38. The topological polar surface area (TPSA) is 103 Å². The van der Waals surface area contributed by atoms with E-state index in [2.05, 4.69) is 16.9 Å². The Kier molecular flexibility index (Phi) is 8.98. The number of rotatable bonds is 10. The van der Waals surface area contributed by atoms with Gasteiger partial charge >= 0.3 is 0 Å². The number of carbonyl (C=O) groups is 2. The highest BCUT2D eigenvalue weighted by Crippen LogP contribution is 2.31. The third kappa shape index (κ3) is 6.43. The van der Waals surface area contributed by atoms with Crippen LogP contribution in [0.3, 0.4) is 0 Å². The lowest BCUT2D eigenvalue weighted by atomic mass is 10.1. The molecule has 3 N–H and O–H groups in total. The fourth-order valence-electron chi connectivity index (χ4n) is 2.77. The van der Waals surface area contributed by atoms with Crippen molar-refractivity contribution in [3.05, 3.63) is 84.1 Å². The van der Waals surface area contributed by atoms with Gasteiger partial charge in [0, 0.05) is 22.5 Å². The fraction of sp³-hybridized carbons (Fsp3) is 0.160. The van der Waals surface area contributed by atoms with Crippen molar-refractivity contribution < 1.29 is 19.1 Å². The quantitative estimate of drug-likeness (QED) is 0.251. The molecule has 1 amide bonds. The summed E-state index contributed by atoms with van der Waals surface area (Å²) in [5.74, 6) is 0.712. The zero-order valence-electron chi connectivity index (χ0n) is 18.4. The van der Waals surface area contributed by atoms with E-state index in [1.54, 1.807) is 56.7 Å². The number of aldehydes is 1. The van der Waals surface area contributed by atoms with Crippen LogP contribution in [0.2, 0.25) is 0 Å². The van der Waals surface area contributed by atoms with Crippen molar-refractivity contribution >= 4 is 29.3 Å². The van der Waals surface area contributed by atoms with Crippen LogP contribution in [0.4, 0.5) is 5.69 Å². The van der Waals surface area contributed by atoms with Crippen LogP contribution in [0.5, 0.6) is 11.5 Å². The van der Waals surface area contributed by atoms with Gasteiger partial charge in [-0.1, -0.05) is 19.6 Å². The SMILES string of the molecule is C=C\C=C(/N=C(\C=C(/N)C(=O)Nc1ccc(C=O)cc1)CC)c1ccc(OC)c(OC)c1. The molecule has 0 fully saturated rings. The number of ether oxygens (including phenoxy) is 2. The summed E-state index contributed by atoms with van der Waals surface area (Å²) < 4.78 is 10.7. The van der Waals surface area contributed by atoms with E-state index in [1.807, 2.05) is 19.1 Å². The minimum Gasteiger partial charge on any atom is -0.493 e. The molecule has 0 radical (unpaired) electrons. The summed E-state index contributed by atoms with van der Waals surface area (Å²) in [5, 5.41) is 2.70. The predicted molar refractivity (Wildman–Crippen MR) is 128 cm³/mol. The molecule has 2 rings (SSSR count). The van der Waals surface area contributed by atoms with Gasteiger partial charge in [-0.25, -0.2) is 0 Å². The summed E-state index contributed by atoms with van der Waals surface area (Å²) >= 11 is 0. The van der Waals surface area contributed by atoms with Crippen LogP contribution in [0.25, 0.3) is 5.70 Å². The van der Waals surface area contributed by atoms with Crippen LogP contribution in [0, 0.1) is 0 Å². The standard InChI is InChI=1S/C25H27N3O4/c1-5-7-22(18-10-13-23(31-3)24(14-18)32-4)27-19(6-2)15-21(26)25(30)28-20-11-8-17(16-29)9-12-20/h5,7-16H,1,6,26H2,2-4H3,(H,28,30)/b21-15-,22-7-,27-19-. The van der Waals surface area contributed by atoms with Crippen molar-refractivity contribution in [2.45, 2.75) is 13.3 Å². The van der Waals surface area contributed by atoms with Gasteiger partial charge in [-0.05, 0) is 61.0 Å². The summed E-state index contributed by atoms with van der Waals surface area (Å²) in [6.07, 6.45) is 6.20. The summed E-state index contributed by atoms with van der Waals surface area (Å²) in [6, 6.07) is 11.9. The highest BCUT2D eigenvalue weighted by Gasteiger charge is 2.10. The molecule has 0 spiro atoms. The molecule has 0 aromatic heterocycles. The number of hydrogen-bond donors (Lipinski definition) is 2. The van der Waals surface area contributed by atoms with Crippen LogP contribution in [0.1, 0.15) is 29.3 Å². The van der Waals surface area contributed by atoms with Crippen LogP contribution >= 0.6 is 0 Å². The lowest BCUT2D eigenvalue weighted by molar-refractivity contribution is -0.112. The van der Waals surface area contributed by atoms with Crippen molar-refractivity contribution in [3.8, 4) is 11.5 Å². The van der Waals surface area contributed by atoms with Crippen LogP contribution in [-0.2, 0) is 4.79 Å². The molecular formula is C25H27N3O4. The highest BCUT2D eigenvalue weighted by atomic mass is 16.5. The molecular weight excluding hydrogens is 406 g/mol. The highest BCUT2D eigenvalue weighted by molar-refractivity contribution is 6.09. The van der Waals surface area contributed by atoms with E-state index in [0.29, 0.717) is 40.6 Å². The molecule has 0 bridgehead atoms. The number of methoxy groups -OCH3 is 2. The maximum Gasteiger partial charge on any atom is 0.271 e. The molecule has 0 atom stereocenters. The van der Waals surface area contributed by atoms with Crippen LogP contribution < -0.4 is 20.5 Å². The number of carbonyl (C=O) groups excluding carboxylic acids is 2. The lowest BCUT2D eigenvalue weighted by Crippen LogP contribution is -2.21. The van der Waals surface area contributed by atoms with Gasteiger partial charge in [-0.15, -0.1) is 0 Å². The molecule has 0 saturated carbocycles. The number of nitrogens with two attached hydrogens (primary N) is 1. The second kappa shape index (κ2) is 11.9. The summed E-state index contributed by atoms with van der Waals surface area (Å²) in [5.41, 5.74) is 9.10. The van der Waals surface area contributed by atoms with Gasteiger partial charge in [-0.3, -0.25) is 14.6 Å². The minimum absolute atomic E-state index is 0.00956. The van der Waals surface area contributed by atoms with E-state index in [0.717, 1.165) is 11.8 Å². The van der Waals surface area contributed by atoms with Gasteiger partial charge < -0.3 is 20.5 Å². The number of hydrogen-bond acceptors (Lipinski definition) is 6. The lowest BCUT2D eigenvalue weighted by Gasteiger charge is -2.11. The van der Waals surface area contributed by atoms with Crippen LogP contribution in [0.15, 0.2) is 78.0 Å². The molecule has 0 aliphatic heterocycles. The smallest absolute Gasteiger partial charge is 0.271 e. The monoisotopic (exact) mass is 433 g/mol. The Hall–Kier alpha value is -4.13. The Balaban J connectivity index is 2.30. The average molecular weight is 434 g/mol. The van der Waals surface area contributed by atoms with Crippen molar-refractivity contribution in [2.75, 3.05) is 19.5 Å². The molecule has 32 heavy (non-hydrogen) atoms. The number of benzene rings is 2. The Morgan fingerprint density at radius 2 is 1.81 bits per heavy atom. The van der Waals surface area contributed by atoms with Gasteiger partial charge in [0.2, 0.25) is 0 Å². The van der Waals surface area contributed by atoms with E-state index in [9.17, 15) is 9.59 Å². The zero-order chi connectivity index (χ0) is 23.5. The number of allylic oxidation sites excluding steroid dienone is 3. The third-order valence-corrected chi connectivity index (χ3v) is 4.47. The van der Waals surface area contributed by atoms with Crippen molar-refractivity contribution in [2.24, 2.45) is 10.7 Å². The molecule has 7 nitrogen and oxygen atoms in total.